The molecule has 23 heavy (non-hydrogen) atoms. The van der Waals surface area contributed by atoms with Gasteiger partial charge in [-0.25, -0.2) is 4.98 Å². The zero-order chi connectivity index (χ0) is 16.6. The summed E-state index contributed by atoms with van der Waals surface area (Å²) in [6, 6.07) is 11.2. The highest BCUT2D eigenvalue weighted by molar-refractivity contribution is 6.06. The molecule has 0 bridgehead atoms. The van der Waals surface area contributed by atoms with Crippen LogP contribution < -0.4 is 4.90 Å². The van der Waals surface area contributed by atoms with Gasteiger partial charge in [-0.2, -0.15) is 0 Å². The van der Waals surface area contributed by atoms with Crippen molar-refractivity contribution >= 4 is 17.6 Å². The second-order valence-corrected chi connectivity index (χ2v) is 5.94. The fourth-order valence-electron chi connectivity index (χ4n) is 3.16. The zero-order valence-electron chi connectivity index (χ0n) is 13.1. The van der Waals surface area contributed by atoms with Crippen molar-refractivity contribution in [3.63, 3.8) is 0 Å². The van der Waals surface area contributed by atoms with Crippen LogP contribution in [0.25, 0.3) is 0 Å². The summed E-state index contributed by atoms with van der Waals surface area (Å²) in [5, 5.41) is 9.10. The van der Waals surface area contributed by atoms with E-state index in [9.17, 15) is 9.59 Å². The van der Waals surface area contributed by atoms with Gasteiger partial charge in [0.05, 0.1) is 6.42 Å². The molecule has 3 rings (SSSR count). The Hall–Kier alpha value is -2.69. The molecule has 1 aliphatic heterocycles. The van der Waals surface area contributed by atoms with Crippen LogP contribution in [-0.4, -0.2) is 28.5 Å². The average molecular weight is 310 g/mol. The summed E-state index contributed by atoms with van der Waals surface area (Å²) in [5.41, 5.74) is 3.86. The number of para-hydroxylation sites is 1. The summed E-state index contributed by atoms with van der Waals surface area (Å²) in [5.74, 6) is -1.22. The highest BCUT2D eigenvalue weighted by Gasteiger charge is 2.34. The summed E-state index contributed by atoms with van der Waals surface area (Å²) in [6.45, 7) is 4.16. The first-order chi connectivity index (χ1) is 11.0. The molecule has 1 aliphatic rings. The summed E-state index contributed by atoms with van der Waals surface area (Å²) in [7, 11) is 0. The Kier molecular flexibility index (Phi) is 3.86. The van der Waals surface area contributed by atoms with Crippen molar-refractivity contribution in [2.24, 2.45) is 0 Å². The molecular formula is C18H18N2O3. The fourth-order valence-corrected chi connectivity index (χ4v) is 3.16. The minimum absolute atomic E-state index is 0.0149. The van der Waals surface area contributed by atoms with Gasteiger partial charge in [-0.05, 0) is 43.2 Å². The Morgan fingerprint density at radius 2 is 2.00 bits per heavy atom. The van der Waals surface area contributed by atoms with Crippen molar-refractivity contribution in [2.45, 2.75) is 26.2 Å². The van der Waals surface area contributed by atoms with Crippen molar-refractivity contribution < 1.29 is 14.7 Å². The fraction of sp³-hybridized carbons (Fsp3) is 0.278. The number of amides is 1. The lowest BCUT2D eigenvalue weighted by Gasteiger charge is -2.17. The molecule has 2 heterocycles. The van der Waals surface area contributed by atoms with E-state index in [1.807, 2.05) is 44.2 Å². The Bertz CT molecular complexity index is 765. The van der Waals surface area contributed by atoms with E-state index in [0.717, 1.165) is 22.5 Å². The van der Waals surface area contributed by atoms with Gasteiger partial charge in [0.15, 0.2) is 0 Å². The number of fused-ring (bicyclic) bond motifs is 1. The zero-order valence-corrected chi connectivity index (χ0v) is 13.1. The van der Waals surface area contributed by atoms with E-state index in [4.69, 9.17) is 5.11 Å². The number of pyridine rings is 1. The van der Waals surface area contributed by atoms with E-state index in [1.54, 1.807) is 11.0 Å². The SMILES string of the molecule is Cc1cc(C)nc(C(=O)N2CC(CC(=O)O)c3ccccc32)c1. The second-order valence-electron chi connectivity index (χ2n) is 5.94. The number of aromatic nitrogens is 1. The van der Waals surface area contributed by atoms with Gasteiger partial charge in [0.1, 0.15) is 5.69 Å². The van der Waals surface area contributed by atoms with Gasteiger partial charge in [0, 0.05) is 23.8 Å². The van der Waals surface area contributed by atoms with Crippen molar-refractivity contribution in [1.29, 1.82) is 0 Å². The van der Waals surface area contributed by atoms with Crippen LogP contribution in [0.3, 0.4) is 0 Å². The first-order valence-corrected chi connectivity index (χ1v) is 7.53. The van der Waals surface area contributed by atoms with E-state index in [1.165, 1.54) is 0 Å². The number of carbonyl (C=O) groups excluding carboxylic acids is 1. The predicted octanol–water partition coefficient (Wildman–Crippen LogP) is 2.92. The first kappa shape index (κ1) is 15.2. The van der Waals surface area contributed by atoms with Crippen LogP contribution >= 0.6 is 0 Å². The molecule has 1 N–H and O–H groups in total. The number of carboxylic acids is 1. The molecule has 0 radical (unpaired) electrons. The number of carboxylic acid groups (broad SMARTS) is 1. The molecule has 1 atom stereocenters. The van der Waals surface area contributed by atoms with Gasteiger partial charge in [-0.3, -0.25) is 9.59 Å². The normalized spacial score (nSPS) is 16.3. The molecule has 0 spiro atoms. The van der Waals surface area contributed by atoms with Crippen LogP contribution in [0.5, 0.6) is 0 Å². The molecule has 1 aromatic carbocycles. The third-order valence-corrected chi connectivity index (χ3v) is 4.05. The molecular weight excluding hydrogens is 292 g/mol. The first-order valence-electron chi connectivity index (χ1n) is 7.53. The third-order valence-electron chi connectivity index (χ3n) is 4.05. The predicted molar refractivity (Wildman–Crippen MR) is 86.8 cm³/mol. The Labute approximate surface area is 134 Å². The van der Waals surface area contributed by atoms with Crippen LogP contribution in [0, 0.1) is 13.8 Å². The van der Waals surface area contributed by atoms with Crippen molar-refractivity contribution in [2.75, 3.05) is 11.4 Å². The summed E-state index contributed by atoms with van der Waals surface area (Å²) in [4.78, 5) is 29.9. The molecule has 0 aliphatic carbocycles. The van der Waals surface area contributed by atoms with Crippen LogP contribution in [0.1, 0.15) is 39.6 Å². The number of rotatable bonds is 3. The average Bonchev–Trinajstić information content (AvgIpc) is 2.84. The molecule has 5 nitrogen and oxygen atoms in total. The number of aliphatic carboxylic acids is 1. The summed E-state index contributed by atoms with van der Waals surface area (Å²) < 4.78 is 0. The Morgan fingerprint density at radius 3 is 2.70 bits per heavy atom. The van der Waals surface area contributed by atoms with E-state index in [-0.39, 0.29) is 18.2 Å². The van der Waals surface area contributed by atoms with Crippen molar-refractivity contribution in [3.8, 4) is 0 Å². The highest BCUT2D eigenvalue weighted by atomic mass is 16.4. The number of hydrogen-bond acceptors (Lipinski definition) is 3. The van der Waals surface area contributed by atoms with Gasteiger partial charge in [0.25, 0.3) is 5.91 Å². The van der Waals surface area contributed by atoms with Crippen molar-refractivity contribution in [3.05, 3.63) is 58.9 Å². The maximum atomic E-state index is 12.9. The third kappa shape index (κ3) is 2.95. The number of benzene rings is 1. The monoisotopic (exact) mass is 310 g/mol. The van der Waals surface area contributed by atoms with Crippen LogP contribution in [0.4, 0.5) is 5.69 Å². The Morgan fingerprint density at radius 1 is 1.26 bits per heavy atom. The molecule has 1 aromatic heterocycles. The minimum atomic E-state index is -0.858. The van der Waals surface area contributed by atoms with Gasteiger partial charge >= 0.3 is 5.97 Å². The molecule has 0 saturated carbocycles. The number of anilines is 1. The number of carbonyl (C=O) groups is 2. The maximum absolute atomic E-state index is 12.9. The van der Waals surface area contributed by atoms with Gasteiger partial charge in [-0.15, -0.1) is 0 Å². The van der Waals surface area contributed by atoms with Crippen LogP contribution in [0.15, 0.2) is 36.4 Å². The largest absolute Gasteiger partial charge is 0.481 e. The lowest BCUT2D eigenvalue weighted by molar-refractivity contribution is -0.137. The number of nitrogens with zero attached hydrogens (tertiary/aromatic N) is 2. The van der Waals surface area contributed by atoms with Crippen LogP contribution in [0.2, 0.25) is 0 Å². The minimum Gasteiger partial charge on any atom is -0.481 e. The maximum Gasteiger partial charge on any atom is 0.304 e. The topological polar surface area (TPSA) is 70.5 Å². The van der Waals surface area contributed by atoms with E-state index in [0.29, 0.717) is 12.2 Å². The second kappa shape index (κ2) is 5.83. The molecule has 118 valence electrons. The number of hydrogen-bond donors (Lipinski definition) is 1. The van der Waals surface area contributed by atoms with Crippen LogP contribution in [-0.2, 0) is 4.79 Å². The molecule has 5 heteroatoms. The van der Waals surface area contributed by atoms with E-state index in [2.05, 4.69) is 4.98 Å². The highest BCUT2D eigenvalue weighted by Crippen LogP contribution is 2.38. The Balaban J connectivity index is 1.97. The van der Waals surface area contributed by atoms with E-state index >= 15 is 0 Å². The van der Waals surface area contributed by atoms with Gasteiger partial charge in [0.2, 0.25) is 0 Å². The van der Waals surface area contributed by atoms with Gasteiger partial charge < -0.3 is 10.0 Å². The molecule has 2 aromatic rings. The lowest BCUT2D eigenvalue weighted by Crippen LogP contribution is -2.31. The standard InChI is InChI=1S/C18H18N2O3/c1-11-7-12(2)19-15(8-11)18(23)20-10-13(9-17(21)22)14-5-3-4-6-16(14)20/h3-8,13H,9-10H2,1-2H3,(H,21,22). The number of aryl methyl sites for hydroxylation is 2. The summed E-state index contributed by atoms with van der Waals surface area (Å²) in [6.07, 6.45) is 0.0149. The smallest absolute Gasteiger partial charge is 0.304 e. The molecule has 0 fully saturated rings. The lowest BCUT2D eigenvalue weighted by atomic mass is 9.98. The molecule has 0 saturated heterocycles. The molecule has 1 amide bonds. The van der Waals surface area contributed by atoms with Crippen molar-refractivity contribution in [1.82, 2.24) is 4.98 Å². The summed E-state index contributed by atoms with van der Waals surface area (Å²) >= 11 is 0. The van der Waals surface area contributed by atoms with E-state index < -0.39 is 5.97 Å². The van der Waals surface area contributed by atoms with Gasteiger partial charge in [-0.1, -0.05) is 18.2 Å². The molecule has 1 unspecified atom stereocenters. The quantitative estimate of drug-likeness (QED) is 0.946.